The molecule has 0 amide bonds. The smallest absolute Gasteiger partial charge is 0.00988 e. The van der Waals surface area contributed by atoms with Crippen molar-refractivity contribution in [3.05, 3.63) is 91.0 Å². The van der Waals surface area contributed by atoms with Crippen LogP contribution in [0.2, 0.25) is 0 Å². The molecule has 0 unspecified atom stereocenters. The molecule has 5 rings (SSSR count). The lowest BCUT2D eigenvalue weighted by Gasteiger charge is -2.07. The normalized spacial score (nSPS) is 11.5. The Morgan fingerprint density at radius 3 is 1.58 bits per heavy atom. The Kier molecular flexibility index (Phi) is 2.74. The van der Waals surface area contributed by atoms with Gasteiger partial charge in [-0.1, -0.05) is 36.9 Å². The Morgan fingerprint density at radius 1 is 0.583 bits per heavy atom. The summed E-state index contributed by atoms with van der Waals surface area (Å²) in [6.07, 6.45) is 1.59. The Morgan fingerprint density at radius 2 is 1.04 bits per heavy atom. The fourth-order valence-corrected chi connectivity index (χ4v) is 3.50. The van der Waals surface area contributed by atoms with E-state index in [1.807, 2.05) is 6.07 Å². The number of hydrogen-bond acceptors (Lipinski definition) is 0. The van der Waals surface area contributed by atoms with E-state index in [9.17, 15) is 0 Å². The Bertz CT molecular complexity index is 1260. The van der Waals surface area contributed by atoms with Crippen LogP contribution in [0.5, 0.6) is 0 Å². The van der Waals surface area contributed by atoms with Gasteiger partial charge in [0.05, 0.1) is 0 Å². The van der Waals surface area contributed by atoms with Crippen molar-refractivity contribution in [1.29, 1.82) is 0 Å². The molecule has 0 bridgehead atoms. The van der Waals surface area contributed by atoms with E-state index in [1.165, 1.54) is 43.1 Å². The van der Waals surface area contributed by atoms with Crippen molar-refractivity contribution in [2.75, 3.05) is 0 Å². The van der Waals surface area contributed by atoms with Gasteiger partial charge in [-0.05, 0) is 103 Å². The lowest BCUT2D eigenvalue weighted by Crippen LogP contribution is -1.81. The van der Waals surface area contributed by atoms with E-state index >= 15 is 0 Å². The van der Waals surface area contributed by atoms with Crippen molar-refractivity contribution in [2.24, 2.45) is 0 Å². The maximum atomic E-state index is 5.62. The molecule has 5 aromatic carbocycles. The van der Waals surface area contributed by atoms with E-state index in [0.717, 1.165) is 5.56 Å². The van der Waals surface area contributed by atoms with E-state index in [-0.39, 0.29) is 0 Å². The first-order chi connectivity index (χ1) is 11.8. The van der Waals surface area contributed by atoms with Crippen LogP contribution in [-0.4, -0.2) is 0 Å². The molecule has 0 heteroatoms. The highest BCUT2D eigenvalue weighted by Crippen LogP contribution is 2.30. The maximum absolute atomic E-state index is 5.62. The molecule has 0 aliphatic rings. The highest BCUT2D eigenvalue weighted by Gasteiger charge is 2.03. The van der Waals surface area contributed by atoms with Crippen molar-refractivity contribution in [3.63, 3.8) is 0 Å². The Hall–Kier alpha value is -3.12. The molecule has 24 heavy (non-hydrogen) atoms. The third-order valence-corrected chi connectivity index (χ3v) is 4.75. The third kappa shape index (κ3) is 2.00. The fraction of sp³-hybridized carbons (Fsp3) is 0. The van der Waals surface area contributed by atoms with Gasteiger partial charge in [0.1, 0.15) is 0 Å². The predicted octanol–water partition coefficient (Wildman–Crippen LogP) is 6.55. The van der Waals surface area contributed by atoms with Gasteiger partial charge in [-0.15, -0.1) is 0 Å². The maximum Gasteiger partial charge on any atom is -0.00988 e. The van der Waals surface area contributed by atoms with E-state index in [2.05, 4.69) is 72.8 Å². The largest absolute Gasteiger partial charge is 0.0616 e. The molecule has 0 saturated heterocycles. The van der Waals surface area contributed by atoms with Crippen molar-refractivity contribution in [1.82, 2.24) is 0 Å². The third-order valence-electron chi connectivity index (χ3n) is 4.75. The Balaban J connectivity index is 1.87. The van der Waals surface area contributed by atoms with E-state index in [4.69, 9.17) is 6.58 Å². The molecule has 0 atom stereocenters. The minimum absolute atomic E-state index is 0.925. The molecule has 0 aliphatic carbocycles. The zero-order chi connectivity index (χ0) is 16.1. The first-order valence-electron chi connectivity index (χ1n) is 8.07. The second-order valence-electron chi connectivity index (χ2n) is 6.28. The molecular weight excluding hydrogens is 288 g/mol. The van der Waals surface area contributed by atoms with Gasteiger partial charge >= 0.3 is 0 Å². The summed E-state index contributed by atoms with van der Waals surface area (Å²) in [5.41, 5.74) is 0.925. The topological polar surface area (TPSA) is 0 Å². The van der Waals surface area contributed by atoms with Crippen LogP contribution >= 0.6 is 0 Å². The number of hydrogen-bond donors (Lipinski definition) is 0. The summed E-state index contributed by atoms with van der Waals surface area (Å²) in [5.74, 6) is 0. The predicted molar refractivity (Wildman–Crippen MR) is 104 cm³/mol. The van der Waals surface area contributed by atoms with Gasteiger partial charge in [0.15, 0.2) is 0 Å². The average molecular weight is 302 g/mol. The zero-order valence-electron chi connectivity index (χ0n) is 13.1. The van der Waals surface area contributed by atoms with Crippen molar-refractivity contribution in [3.8, 4) is 0 Å². The highest BCUT2D eigenvalue weighted by atomic mass is 14.1. The molecule has 0 spiro atoms. The van der Waals surface area contributed by atoms with Crippen LogP contribution in [0.1, 0.15) is 5.56 Å². The number of benzene rings is 5. The molecule has 2 radical (unpaired) electrons. The lowest BCUT2D eigenvalue weighted by atomic mass is 9.97. The van der Waals surface area contributed by atoms with Gasteiger partial charge < -0.3 is 0 Å². The molecule has 0 fully saturated rings. The van der Waals surface area contributed by atoms with Gasteiger partial charge in [-0.3, -0.25) is 0 Å². The molecule has 0 aromatic heterocycles. The number of fused-ring (bicyclic) bond motifs is 4. The van der Waals surface area contributed by atoms with Crippen LogP contribution in [-0.2, 0) is 0 Å². The lowest BCUT2D eigenvalue weighted by molar-refractivity contribution is 1.72. The quantitative estimate of drug-likeness (QED) is 0.308. The van der Waals surface area contributed by atoms with Crippen LogP contribution in [0.25, 0.3) is 49.2 Å². The monoisotopic (exact) mass is 302 g/mol. The van der Waals surface area contributed by atoms with Crippen molar-refractivity contribution >= 4 is 49.2 Å². The molecule has 0 N–H and O–H groups in total. The van der Waals surface area contributed by atoms with Crippen LogP contribution in [0.4, 0.5) is 0 Å². The van der Waals surface area contributed by atoms with Gasteiger partial charge in [-0.25, -0.2) is 0 Å². The van der Waals surface area contributed by atoms with Gasteiger partial charge in [0.2, 0.25) is 0 Å². The second kappa shape index (κ2) is 4.94. The molecular formula is C24H14. The molecule has 0 heterocycles. The first-order valence-corrected chi connectivity index (χ1v) is 8.07. The molecule has 0 aliphatic heterocycles. The van der Waals surface area contributed by atoms with Crippen LogP contribution in [0, 0.1) is 12.6 Å². The van der Waals surface area contributed by atoms with E-state index < -0.39 is 0 Å². The average Bonchev–Trinajstić information content (AvgIpc) is 2.62. The van der Waals surface area contributed by atoms with Crippen molar-refractivity contribution < 1.29 is 0 Å². The van der Waals surface area contributed by atoms with Crippen LogP contribution < -0.4 is 0 Å². The zero-order valence-corrected chi connectivity index (χ0v) is 13.1. The molecule has 0 saturated carbocycles. The number of rotatable bonds is 1. The fourth-order valence-electron chi connectivity index (χ4n) is 3.50. The molecule has 0 nitrogen and oxygen atoms in total. The summed E-state index contributed by atoms with van der Waals surface area (Å²) in [6.45, 7) is 5.62. The van der Waals surface area contributed by atoms with E-state index in [0.29, 0.717) is 0 Å². The van der Waals surface area contributed by atoms with Crippen LogP contribution in [0.3, 0.4) is 0 Å². The highest BCUT2D eigenvalue weighted by molar-refractivity contribution is 6.08. The SMILES string of the molecule is [CH]=Cc1[c]cc2cc3cc4cc5ccccc5cc4cc3cc2c1. The first kappa shape index (κ1) is 13.3. The van der Waals surface area contributed by atoms with Crippen molar-refractivity contribution in [2.45, 2.75) is 0 Å². The second-order valence-corrected chi connectivity index (χ2v) is 6.28. The molecule has 5 aromatic rings. The van der Waals surface area contributed by atoms with E-state index in [1.54, 1.807) is 6.08 Å². The van der Waals surface area contributed by atoms with Gasteiger partial charge in [0.25, 0.3) is 0 Å². The summed E-state index contributed by atoms with van der Waals surface area (Å²) in [7, 11) is 0. The summed E-state index contributed by atoms with van der Waals surface area (Å²) >= 11 is 0. The minimum Gasteiger partial charge on any atom is -0.0616 e. The van der Waals surface area contributed by atoms with Gasteiger partial charge in [-0.2, -0.15) is 0 Å². The summed E-state index contributed by atoms with van der Waals surface area (Å²) in [4.78, 5) is 0. The summed E-state index contributed by atoms with van der Waals surface area (Å²) in [6, 6.07) is 29.4. The molecule has 110 valence electrons. The minimum atomic E-state index is 0.925. The Labute approximate surface area is 140 Å². The van der Waals surface area contributed by atoms with Gasteiger partial charge in [0, 0.05) is 0 Å². The van der Waals surface area contributed by atoms with Crippen LogP contribution in [0.15, 0.2) is 72.8 Å². The summed E-state index contributed by atoms with van der Waals surface area (Å²) in [5, 5.41) is 9.99. The standard InChI is InChI=1S/C24H14/c1-2-16-7-8-19-12-23-14-21-10-17-5-3-4-6-18(17)11-22(21)15-24(23)13-20(19)9-16/h1-6,8-15H. The summed E-state index contributed by atoms with van der Waals surface area (Å²) < 4.78 is 0.